The Hall–Kier alpha value is -1.47. The zero-order chi connectivity index (χ0) is 17.2. The summed E-state index contributed by atoms with van der Waals surface area (Å²) in [5.74, 6) is 0.590. The molecule has 1 aliphatic rings. The molecule has 0 saturated carbocycles. The maximum Gasteiger partial charge on any atom is 0.226 e. The summed E-state index contributed by atoms with van der Waals surface area (Å²) in [5, 5.41) is 0.591. The van der Waals surface area contributed by atoms with Crippen LogP contribution in [0.1, 0.15) is 41.5 Å². The molecule has 2 aromatic rings. The minimum Gasteiger partial charge on any atom is -0.447 e. The summed E-state index contributed by atoms with van der Waals surface area (Å²) in [7, 11) is 2.53. The van der Waals surface area contributed by atoms with Crippen LogP contribution in [0.3, 0.4) is 0 Å². The van der Waals surface area contributed by atoms with E-state index in [2.05, 4.69) is 0 Å². The molecule has 0 fully saturated rings. The zero-order valence-electron chi connectivity index (χ0n) is 14.5. The number of hydrogen-bond acceptors (Lipinski definition) is 2. The van der Waals surface area contributed by atoms with Crippen LogP contribution in [-0.4, -0.2) is 7.57 Å². The second-order valence-electron chi connectivity index (χ2n) is 3.70. The monoisotopic (exact) mass is 316 g/mol. The Morgan fingerprint density at radius 2 is 1.23 bits per heavy atom. The first kappa shape index (κ1) is 20.5. The molecule has 3 rings (SSSR count). The lowest BCUT2D eigenvalue weighted by Gasteiger charge is -2.26. The van der Waals surface area contributed by atoms with Crippen LogP contribution in [0, 0.1) is 0 Å². The van der Waals surface area contributed by atoms with Crippen molar-refractivity contribution in [1.29, 1.82) is 0 Å². The molecule has 1 aliphatic heterocycles. The van der Waals surface area contributed by atoms with Gasteiger partial charge < -0.3 is 4.52 Å². The molecular weight excluding hydrogens is 290 g/mol. The maximum absolute atomic E-state index is 12.2. The van der Waals surface area contributed by atoms with Gasteiger partial charge in [-0.05, 0) is 17.7 Å². The molecular formula is C18H26BO2P. The Kier molecular flexibility index (Phi) is 9.61. The van der Waals surface area contributed by atoms with Gasteiger partial charge in [0.2, 0.25) is 14.8 Å². The van der Waals surface area contributed by atoms with Gasteiger partial charge in [0.15, 0.2) is 0 Å². The second-order valence-corrected chi connectivity index (χ2v) is 5.56. The van der Waals surface area contributed by atoms with E-state index >= 15 is 0 Å². The summed E-state index contributed by atoms with van der Waals surface area (Å²) >= 11 is 0. The summed E-state index contributed by atoms with van der Waals surface area (Å²) in [6.45, 7) is 12.0. The molecule has 2 nitrogen and oxygen atoms in total. The molecule has 0 bridgehead atoms. The van der Waals surface area contributed by atoms with Crippen LogP contribution < -0.4 is 9.83 Å². The largest absolute Gasteiger partial charge is 0.447 e. The van der Waals surface area contributed by atoms with Crippen molar-refractivity contribution in [3.63, 3.8) is 0 Å². The van der Waals surface area contributed by atoms with Gasteiger partial charge in [0.05, 0.1) is 0 Å². The summed E-state index contributed by atoms with van der Waals surface area (Å²) < 4.78 is 17.6. The lowest BCUT2D eigenvalue weighted by Crippen LogP contribution is -2.17. The first-order chi connectivity index (χ1) is 10.7. The predicted octanol–water partition coefficient (Wildman–Crippen LogP) is 5.81. The van der Waals surface area contributed by atoms with E-state index in [9.17, 15) is 4.57 Å². The highest BCUT2D eigenvalue weighted by Gasteiger charge is 2.29. The summed E-state index contributed by atoms with van der Waals surface area (Å²) in [5.41, 5.74) is 1.84. The predicted molar refractivity (Wildman–Crippen MR) is 99.5 cm³/mol. The highest BCUT2D eigenvalue weighted by molar-refractivity contribution is 7.90. The molecule has 1 heterocycles. The fourth-order valence-corrected chi connectivity index (χ4v) is 3.31. The Morgan fingerprint density at radius 3 is 1.82 bits per heavy atom. The fraction of sp³-hybridized carbons (Fsp3) is 0.333. The Morgan fingerprint density at radius 1 is 0.773 bits per heavy atom. The number of fused-ring (bicyclic) bond motifs is 3. The highest BCUT2D eigenvalue weighted by atomic mass is 31.2. The van der Waals surface area contributed by atoms with Crippen LogP contribution in [0.15, 0.2) is 48.5 Å². The quantitative estimate of drug-likeness (QED) is 0.453. The molecule has 0 N–H and O–H groups in total. The van der Waals surface area contributed by atoms with Gasteiger partial charge in [-0.1, -0.05) is 77.9 Å². The Labute approximate surface area is 136 Å². The van der Waals surface area contributed by atoms with Crippen molar-refractivity contribution in [2.75, 3.05) is 0 Å². The van der Waals surface area contributed by atoms with Crippen molar-refractivity contribution < 1.29 is 9.09 Å². The maximum atomic E-state index is 12.2. The second kappa shape index (κ2) is 10.3. The number of para-hydroxylation sites is 1. The van der Waals surface area contributed by atoms with Crippen molar-refractivity contribution in [2.45, 2.75) is 41.5 Å². The van der Waals surface area contributed by atoms with Crippen LogP contribution >= 0.6 is 7.25 Å². The van der Waals surface area contributed by atoms with E-state index in [1.165, 1.54) is 0 Å². The molecule has 0 aromatic heterocycles. The lowest BCUT2D eigenvalue weighted by atomic mass is 10.0. The molecule has 1 atom stereocenters. The van der Waals surface area contributed by atoms with Crippen molar-refractivity contribution in [1.82, 2.24) is 0 Å². The molecule has 4 heteroatoms. The van der Waals surface area contributed by atoms with Crippen molar-refractivity contribution in [2.24, 2.45) is 0 Å². The summed E-state index contributed by atoms with van der Waals surface area (Å²) in [6.07, 6.45) is 0. The molecule has 2 aromatic carbocycles. The van der Waals surface area contributed by atoms with Gasteiger partial charge in [0, 0.05) is 10.9 Å². The normalized spacial score (nSPS) is 16.6. The SMILES string of the molecule is CC.CC.CC.[B]P1(=O)Oc2ccccc2-c2ccccc21. The van der Waals surface area contributed by atoms with Crippen LogP contribution in [0.4, 0.5) is 0 Å². The third-order valence-electron chi connectivity index (χ3n) is 2.65. The van der Waals surface area contributed by atoms with Gasteiger partial charge in [0.1, 0.15) is 5.75 Å². The van der Waals surface area contributed by atoms with E-state index in [1.54, 1.807) is 12.1 Å². The molecule has 1 unspecified atom stereocenters. The first-order valence-electron chi connectivity index (χ1n) is 7.96. The van der Waals surface area contributed by atoms with E-state index in [4.69, 9.17) is 12.1 Å². The van der Waals surface area contributed by atoms with Gasteiger partial charge >= 0.3 is 0 Å². The van der Waals surface area contributed by atoms with Crippen LogP contribution in [0.5, 0.6) is 5.75 Å². The molecule has 0 amide bonds. The molecule has 2 radical (unpaired) electrons. The van der Waals surface area contributed by atoms with Crippen molar-refractivity contribution in [3.8, 4) is 16.9 Å². The van der Waals surface area contributed by atoms with E-state index in [-0.39, 0.29) is 0 Å². The first-order valence-corrected chi connectivity index (χ1v) is 9.65. The van der Waals surface area contributed by atoms with E-state index in [0.29, 0.717) is 11.1 Å². The van der Waals surface area contributed by atoms with Gasteiger partial charge in [-0.3, -0.25) is 4.57 Å². The summed E-state index contributed by atoms with van der Waals surface area (Å²) in [4.78, 5) is 0. The number of benzene rings is 2. The average molecular weight is 316 g/mol. The number of rotatable bonds is 0. The minimum atomic E-state index is -3.21. The molecule has 22 heavy (non-hydrogen) atoms. The van der Waals surface area contributed by atoms with E-state index in [1.807, 2.05) is 77.9 Å². The Balaban J connectivity index is 0.000000661. The van der Waals surface area contributed by atoms with Crippen molar-refractivity contribution in [3.05, 3.63) is 48.5 Å². The standard InChI is InChI=1S/C12H8BO2P.3C2H6/c13-16(14)12-8-4-2-6-10(12)9-5-1-3-7-11(9)15-16;3*1-2/h1-8H;3*1-2H3. The third kappa shape index (κ3) is 4.51. The lowest BCUT2D eigenvalue weighted by molar-refractivity contribution is 0.507. The van der Waals surface area contributed by atoms with Crippen molar-refractivity contribution >= 4 is 20.1 Å². The minimum absolute atomic E-state index is 0.590. The van der Waals surface area contributed by atoms with Gasteiger partial charge in [-0.25, -0.2) is 0 Å². The highest BCUT2D eigenvalue weighted by Crippen LogP contribution is 2.50. The van der Waals surface area contributed by atoms with E-state index in [0.717, 1.165) is 11.1 Å². The topological polar surface area (TPSA) is 26.3 Å². The smallest absolute Gasteiger partial charge is 0.226 e. The van der Waals surface area contributed by atoms with E-state index < -0.39 is 7.25 Å². The van der Waals surface area contributed by atoms with Gasteiger partial charge in [-0.15, -0.1) is 0 Å². The van der Waals surface area contributed by atoms with Crippen LogP contribution in [0.25, 0.3) is 11.1 Å². The van der Waals surface area contributed by atoms with Crippen LogP contribution in [-0.2, 0) is 4.57 Å². The van der Waals surface area contributed by atoms with Crippen LogP contribution in [0.2, 0.25) is 0 Å². The molecule has 0 saturated heterocycles. The molecule has 118 valence electrons. The fourth-order valence-electron chi connectivity index (χ4n) is 1.94. The molecule has 0 aliphatic carbocycles. The zero-order valence-corrected chi connectivity index (χ0v) is 15.4. The Bertz CT molecular complexity index is 612. The number of hydrogen-bond donors (Lipinski definition) is 0. The molecule has 0 spiro atoms. The van der Waals surface area contributed by atoms with Gasteiger partial charge in [0.25, 0.3) is 0 Å². The average Bonchev–Trinajstić information content (AvgIpc) is 2.60. The van der Waals surface area contributed by atoms with Gasteiger partial charge in [-0.2, -0.15) is 0 Å². The third-order valence-corrected chi connectivity index (χ3v) is 4.18. The summed E-state index contributed by atoms with van der Waals surface area (Å²) in [6, 6.07) is 14.9.